The van der Waals surface area contributed by atoms with Gasteiger partial charge in [-0.15, -0.1) is 24.8 Å². The Morgan fingerprint density at radius 1 is 0.763 bits per heavy atom. The maximum atomic E-state index is 12.1. The Balaban J connectivity index is 0.00000684. The van der Waals surface area contributed by atoms with Crippen LogP contribution >= 0.6 is 24.8 Å². The number of alkyl carbamates (subject to hydrolysis) is 2. The Labute approximate surface area is 239 Å². The summed E-state index contributed by atoms with van der Waals surface area (Å²) in [5.41, 5.74) is 8.84. The first-order valence-corrected chi connectivity index (χ1v) is 13.0. The van der Waals surface area contributed by atoms with Crippen molar-refractivity contribution < 1.29 is 19.1 Å². The summed E-state index contributed by atoms with van der Waals surface area (Å²) in [6.07, 6.45) is 2.94. The molecule has 0 fully saturated rings. The second-order valence-corrected chi connectivity index (χ2v) is 8.66. The number of unbranched alkanes of at least 4 members (excludes halogenated alkanes) is 2. The number of benzene rings is 2. The molecule has 0 heterocycles. The minimum atomic E-state index is -0.432. The van der Waals surface area contributed by atoms with Crippen LogP contribution in [0.2, 0.25) is 0 Å². The molecule has 0 aliphatic heterocycles. The third-order valence-corrected chi connectivity index (χ3v) is 5.88. The fourth-order valence-corrected chi connectivity index (χ4v) is 3.89. The van der Waals surface area contributed by atoms with E-state index >= 15 is 0 Å². The summed E-state index contributed by atoms with van der Waals surface area (Å²) in [7, 11) is 0. The summed E-state index contributed by atoms with van der Waals surface area (Å²) in [5.74, 6) is 0. The van der Waals surface area contributed by atoms with Gasteiger partial charge in [0.25, 0.3) is 0 Å². The first-order chi connectivity index (χ1) is 17.6. The fraction of sp³-hybridized carbons (Fsp3) is 0.500. The molecule has 2 unspecified atom stereocenters. The van der Waals surface area contributed by atoms with Crippen LogP contribution in [0.15, 0.2) is 60.7 Å². The number of ether oxygens (including phenoxy) is 2. The number of hydrogen-bond acceptors (Lipinski definition) is 6. The molecule has 38 heavy (non-hydrogen) atoms. The fourth-order valence-electron chi connectivity index (χ4n) is 3.89. The number of nitrogens with zero attached hydrogens (tertiary/aromatic N) is 1. The van der Waals surface area contributed by atoms with Gasteiger partial charge in [-0.1, -0.05) is 87.4 Å². The summed E-state index contributed by atoms with van der Waals surface area (Å²) in [4.78, 5) is 26.3. The third kappa shape index (κ3) is 13.3. The molecule has 10 heteroatoms. The highest BCUT2D eigenvalue weighted by atomic mass is 35.5. The van der Waals surface area contributed by atoms with Crippen LogP contribution < -0.4 is 16.4 Å². The average Bonchev–Trinajstić information content (AvgIpc) is 2.90. The molecule has 8 nitrogen and oxygen atoms in total. The standard InChI is InChI=1S/C28H42N4O4.2ClH/c1-3-5-17-30-27(33)35-21-19-32(20-22-36-28(34)31-18-6-4-2)26(24-15-11-8-12-16-24)25(29)23-13-9-7-10-14-23;;/h7-16,25-26H,3-6,17-22,29H2,1-2H3,(H,30,33)(H,31,34);2*1H. The van der Waals surface area contributed by atoms with Crippen molar-refractivity contribution in [1.29, 1.82) is 0 Å². The van der Waals surface area contributed by atoms with E-state index in [-0.39, 0.29) is 50.1 Å². The number of carbonyl (C=O) groups is 2. The van der Waals surface area contributed by atoms with Crippen LogP contribution in [0.5, 0.6) is 0 Å². The molecule has 0 saturated heterocycles. The Kier molecular flexibility index (Phi) is 20.0. The van der Waals surface area contributed by atoms with Crippen LogP contribution in [0.3, 0.4) is 0 Å². The van der Waals surface area contributed by atoms with E-state index in [1.165, 1.54) is 0 Å². The molecule has 0 spiro atoms. The second-order valence-electron chi connectivity index (χ2n) is 8.66. The van der Waals surface area contributed by atoms with Crippen molar-refractivity contribution in [3.05, 3.63) is 71.8 Å². The Morgan fingerprint density at radius 2 is 1.18 bits per heavy atom. The van der Waals surface area contributed by atoms with Crippen LogP contribution in [0.25, 0.3) is 0 Å². The molecule has 2 aromatic carbocycles. The lowest BCUT2D eigenvalue weighted by molar-refractivity contribution is 0.0799. The van der Waals surface area contributed by atoms with Gasteiger partial charge in [0, 0.05) is 32.2 Å². The molecule has 2 amide bonds. The van der Waals surface area contributed by atoms with Crippen molar-refractivity contribution in [3.8, 4) is 0 Å². The third-order valence-electron chi connectivity index (χ3n) is 5.88. The van der Waals surface area contributed by atoms with Crippen molar-refractivity contribution in [2.45, 2.75) is 51.6 Å². The number of amides is 2. The summed E-state index contributed by atoms with van der Waals surface area (Å²) in [6, 6.07) is 19.4. The number of halogens is 2. The molecule has 2 atom stereocenters. The first-order valence-electron chi connectivity index (χ1n) is 13.0. The number of nitrogens with one attached hydrogen (secondary N) is 2. The summed E-state index contributed by atoms with van der Waals surface area (Å²) in [5, 5.41) is 5.53. The van der Waals surface area contributed by atoms with E-state index in [9.17, 15) is 9.59 Å². The predicted octanol–water partition coefficient (Wildman–Crippen LogP) is 5.63. The van der Waals surface area contributed by atoms with E-state index in [4.69, 9.17) is 15.2 Å². The molecule has 0 aromatic heterocycles. The maximum absolute atomic E-state index is 12.1. The quantitative estimate of drug-likeness (QED) is 0.226. The molecule has 0 saturated carbocycles. The summed E-state index contributed by atoms with van der Waals surface area (Å²) >= 11 is 0. The zero-order valence-electron chi connectivity index (χ0n) is 22.5. The molecular weight excluding hydrogens is 527 g/mol. The number of carbonyl (C=O) groups excluding carboxylic acids is 2. The molecule has 2 aromatic rings. The van der Waals surface area contributed by atoms with Gasteiger partial charge in [-0.3, -0.25) is 4.90 Å². The van der Waals surface area contributed by atoms with Crippen LogP contribution in [0.1, 0.15) is 62.7 Å². The van der Waals surface area contributed by atoms with Crippen molar-refractivity contribution in [2.24, 2.45) is 5.73 Å². The zero-order chi connectivity index (χ0) is 26.0. The number of nitrogens with two attached hydrogens (primary N) is 1. The monoisotopic (exact) mass is 570 g/mol. The maximum Gasteiger partial charge on any atom is 0.407 e. The van der Waals surface area contributed by atoms with Gasteiger partial charge >= 0.3 is 12.2 Å². The van der Waals surface area contributed by atoms with E-state index in [0.29, 0.717) is 26.2 Å². The normalized spacial score (nSPS) is 11.9. The van der Waals surface area contributed by atoms with Gasteiger partial charge in [0.05, 0.1) is 6.04 Å². The SMILES string of the molecule is CCCCNC(=O)OCCN(CCOC(=O)NCCCC)C(c1ccccc1)C(N)c1ccccc1.Cl.Cl. The predicted molar refractivity (Wildman–Crippen MR) is 157 cm³/mol. The van der Waals surface area contributed by atoms with Crippen molar-refractivity contribution in [1.82, 2.24) is 15.5 Å². The highest BCUT2D eigenvalue weighted by Gasteiger charge is 2.28. The lowest BCUT2D eigenvalue weighted by Crippen LogP contribution is -2.41. The number of rotatable bonds is 16. The smallest absolute Gasteiger partial charge is 0.407 e. The topological polar surface area (TPSA) is 106 Å². The van der Waals surface area contributed by atoms with Gasteiger partial charge < -0.3 is 25.8 Å². The number of hydrogen-bond donors (Lipinski definition) is 3. The Hall–Kier alpha value is -2.52. The highest BCUT2D eigenvalue weighted by molar-refractivity contribution is 5.85. The van der Waals surface area contributed by atoms with Gasteiger partial charge in [0.1, 0.15) is 13.2 Å². The van der Waals surface area contributed by atoms with Crippen molar-refractivity contribution >= 4 is 37.0 Å². The lowest BCUT2D eigenvalue weighted by atomic mass is 9.92. The van der Waals surface area contributed by atoms with Crippen molar-refractivity contribution in [2.75, 3.05) is 39.4 Å². The molecule has 214 valence electrons. The van der Waals surface area contributed by atoms with Gasteiger partial charge in [-0.05, 0) is 24.0 Å². The van der Waals surface area contributed by atoms with Crippen LogP contribution in [-0.4, -0.2) is 56.5 Å². The van der Waals surface area contributed by atoms with Crippen LogP contribution in [0, 0.1) is 0 Å². The molecule has 0 aliphatic carbocycles. The van der Waals surface area contributed by atoms with Crippen LogP contribution in [0.4, 0.5) is 9.59 Å². The van der Waals surface area contributed by atoms with E-state index in [2.05, 4.69) is 29.4 Å². The lowest BCUT2D eigenvalue weighted by Gasteiger charge is -2.36. The molecule has 0 radical (unpaired) electrons. The molecule has 2 rings (SSSR count). The van der Waals surface area contributed by atoms with Gasteiger partial charge in [-0.25, -0.2) is 9.59 Å². The highest BCUT2D eigenvalue weighted by Crippen LogP contribution is 2.32. The van der Waals surface area contributed by atoms with Gasteiger partial charge in [0.2, 0.25) is 0 Å². The minimum absolute atomic E-state index is 0. The molecular formula is C28H44Cl2N4O4. The zero-order valence-corrected chi connectivity index (χ0v) is 24.1. The van der Waals surface area contributed by atoms with Crippen molar-refractivity contribution in [3.63, 3.8) is 0 Å². The second kappa shape index (κ2) is 21.4. The molecule has 4 N–H and O–H groups in total. The van der Waals surface area contributed by atoms with Gasteiger partial charge in [0.15, 0.2) is 0 Å². The van der Waals surface area contributed by atoms with E-state index in [0.717, 1.165) is 36.8 Å². The Morgan fingerprint density at radius 3 is 1.61 bits per heavy atom. The van der Waals surface area contributed by atoms with Gasteiger partial charge in [-0.2, -0.15) is 0 Å². The average molecular weight is 572 g/mol. The van der Waals surface area contributed by atoms with E-state index in [1.807, 2.05) is 60.7 Å². The van der Waals surface area contributed by atoms with E-state index < -0.39 is 12.2 Å². The minimum Gasteiger partial charge on any atom is -0.448 e. The Bertz CT molecular complexity index is 850. The molecule has 0 bridgehead atoms. The van der Waals surface area contributed by atoms with E-state index in [1.54, 1.807) is 0 Å². The first kappa shape index (κ1) is 35.5. The van der Waals surface area contributed by atoms with Crippen LogP contribution in [-0.2, 0) is 9.47 Å². The summed E-state index contributed by atoms with van der Waals surface area (Å²) < 4.78 is 10.9. The largest absolute Gasteiger partial charge is 0.448 e. The summed E-state index contributed by atoms with van der Waals surface area (Å²) in [6.45, 7) is 6.55. The molecule has 0 aliphatic rings.